The van der Waals surface area contributed by atoms with Gasteiger partial charge in [-0.05, 0) is 48.7 Å². The highest BCUT2D eigenvalue weighted by Crippen LogP contribution is 2.14. The number of nitrogens with one attached hydrogen (secondary N) is 1. The van der Waals surface area contributed by atoms with Crippen molar-refractivity contribution in [1.82, 2.24) is 5.32 Å². The van der Waals surface area contributed by atoms with Crippen LogP contribution in [0, 0.1) is 13.8 Å². The Bertz CT molecular complexity index is 743. The van der Waals surface area contributed by atoms with E-state index in [0.717, 1.165) is 21.2 Å². The molecule has 0 heterocycles. The van der Waals surface area contributed by atoms with E-state index in [4.69, 9.17) is 0 Å². The van der Waals surface area contributed by atoms with Gasteiger partial charge >= 0.3 is 5.97 Å². The monoisotopic (exact) mass is 375 g/mol. The van der Waals surface area contributed by atoms with Gasteiger partial charge in [0.05, 0.1) is 0 Å². The summed E-state index contributed by atoms with van der Waals surface area (Å²) in [7, 11) is 0. The summed E-state index contributed by atoms with van der Waals surface area (Å²) in [6.07, 6.45) is 0.246. The minimum atomic E-state index is -1.05. The van der Waals surface area contributed by atoms with Gasteiger partial charge in [-0.3, -0.25) is 4.79 Å². The number of carbonyl (C=O) groups excluding carboxylic acids is 1. The maximum absolute atomic E-state index is 12.2. The Hall–Kier alpha value is -2.14. The van der Waals surface area contributed by atoms with Gasteiger partial charge in [0, 0.05) is 16.5 Å². The van der Waals surface area contributed by atoms with Crippen molar-refractivity contribution in [3.8, 4) is 0 Å². The topological polar surface area (TPSA) is 66.4 Å². The van der Waals surface area contributed by atoms with Crippen LogP contribution in [-0.4, -0.2) is 23.0 Å². The van der Waals surface area contributed by atoms with Crippen LogP contribution in [0.1, 0.15) is 27.0 Å². The number of rotatable bonds is 5. The number of amides is 1. The van der Waals surface area contributed by atoms with Crippen molar-refractivity contribution in [2.75, 3.05) is 0 Å². The summed E-state index contributed by atoms with van der Waals surface area (Å²) in [5.74, 6) is -1.45. The number of carbonyl (C=O) groups is 2. The first-order valence-corrected chi connectivity index (χ1v) is 8.01. The Balaban J connectivity index is 2.14. The van der Waals surface area contributed by atoms with Crippen molar-refractivity contribution in [3.63, 3.8) is 0 Å². The summed E-state index contributed by atoms with van der Waals surface area (Å²) in [5.41, 5.74) is 3.56. The van der Waals surface area contributed by atoms with E-state index in [-0.39, 0.29) is 6.42 Å². The summed E-state index contributed by atoms with van der Waals surface area (Å²) in [5, 5.41) is 12.0. The molecule has 2 rings (SSSR count). The van der Waals surface area contributed by atoms with Crippen LogP contribution in [0.4, 0.5) is 0 Å². The molecule has 0 aliphatic heterocycles. The van der Waals surface area contributed by atoms with E-state index in [0.29, 0.717) is 5.56 Å². The zero-order valence-corrected chi connectivity index (χ0v) is 14.6. The van der Waals surface area contributed by atoms with Gasteiger partial charge in [0.15, 0.2) is 0 Å². The molecule has 2 aromatic rings. The van der Waals surface area contributed by atoms with Gasteiger partial charge < -0.3 is 10.4 Å². The number of carboxylic acids is 1. The van der Waals surface area contributed by atoms with E-state index in [1.165, 1.54) is 0 Å². The third-order valence-corrected chi connectivity index (χ3v) is 4.19. The van der Waals surface area contributed by atoms with E-state index in [1.807, 2.05) is 32.0 Å². The first-order chi connectivity index (χ1) is 10.9. The average molecular weight is 376 g/mol. The van der Waals surface area contributed by atoms with Crippen LogP contribution in [0.25, 0.3) is 0 Å². The van der Waals surface area contributed by atoms with E-state index >= 15 is 0 Å². The number of hydrogen-bond acceptors (Lipinski definition) is 2. The lowest BCUT2D eigenvalue weighted by molar-refractivity contribution is -0.139. The molecular weight excluding hydrogens is 358 g/mol. The van der Waals surface area contributed by atoms with E-state index < -0.39 is 17.9 Å². The molecule has 1 amide bonds. The van der Waals surface area contributed by atoms with Gasteiger partial charge in [0.25, 0.3) is 5.91 Å². The van der Waals surface area contributed by atoms with Gasteiger partial charge in [0.2, 0.25) is 0 Å². The Labute approximate surface area is 143 Å². The SMILES string of the molecule is Cc1ccc(C[C@@H](NC(=O)c2cccc(Br)c2)C(=O)O)cc1C. The van der Waals surface area contributed by atoms with Crippen LogP contribution in [0.5, 0.6) is 0 Å². The molecule has 0 radical (unpaired) electrons. The third-order valence-electron chi connectivity index (χ3n) is 3.70. The molecular formula is C18H18BrNO3. The molecule has 2 aromatic carbocycles. The van der Waals surface area contributed by atoms with Crippen molar-refractivity contribution in [2.45, 2.75) is 26.3 Å². The highest BCUT2D eigenvalue weighted by Gasteiger charge is 2.21. The lowest BCUT2D eigenvalue weighted by atomic mass is 10.0. The molecule has 0 saturated heterocycles. The van der Waals surface area contributed by atoms with Crippen LogP contribution in [0.3, 0.4) is 0 Å². The van der Waals surface area contributed by atoms with E-state index in [9.17, 15) is 14.7 Å². The van der Waals surface area contributed by atoms with Gasteiger partial charge in [-0.25, -0.2) is 4.79 Å². The zero-order chi connectivity index (χ0) is 17.0. The van der Waals surface area contributed by atoms with Crippen molar-refractivity contribution < 1.29 is 14.7 Å². The molecule has 0 fully saturated rings. The zero-order valence-electron chi connectivity index (χ0n) is 13.0. The first-order valence-electron chi connectivity index (χ1n) is 7.22. The van der Waals surface area contributed by atoms with E-state index in [2.05, 4.69) is 21.2 Å². The molecule has 1 atom stereocenters. The van der Waals surface area contributed by atoms with Crippen LogP contribution < -0.4 is 5.32 Å². The highest BCUT2D eigenvalue weighted by molar-refractivity contribution is 9.10. The summed E-state index contributed by atoms with van der Waals surface area (Å²) in [4.78, 5) is 23.7. The number of benzene rings is 2. The van der Waals surface area contributed by atoms with Crippen LogP contribution >= 0.6 is 15.9 Å². The molecule has 0 spiro atoms. The van der Waals surface area contributed by atoms with Crippen molar-refractivity contribution in [3.05, 3.63) is 69.2 Å². The minimum Gasteiger partial charge on any atom is -0.480 e. The van der Waals surface area contributed by atoms with Crippen molar-refractivity contribution >= 4 is 27.8 Å². The molecule has 0 saturated carbocycles. The molecule has 0 unspecified atom stereocenters. The Morgan fingerprint density at radius 1 is 1.13 bits per heavy atom. The highest BCUT2D eigenvalue weighted by atomic mass is 79.9. The Morgan fingerprint density at radius 2 is 1.87 bits per heavy atom. The fourth-order valence-corrected chi connectivity index (χ4v) is 2.64. The number of carboxylic acid groups (broad SMARTS) is 1. The van der Waals surface area contributed by atoms with Crippen LogP contribution in [-0.2, 0) is 11.2 Å². The lowest BCUT2D eigenvalue weighted by Crippen LogP contribution is -2.42. The first kappa shape index (κ1) is 17.2. The molecule has 0 aromatic heterocycles. The normalized spacial score (nSPS) is 11.8. The molecule has 23 heavy (non-hydrogen) atoms. The summed E-state index contributed by atoms with van der Waals surface area (Å²) < 4.78 is 0.770. The molecule has 0 aliphatic rings. The molecule has 2 N–H and O–H groups in total. The minimum absolute atomic E-state index is 0.246. The van der Waals surface area contributed by atoms with Crippen molar-refractivity contribution in [1.29, 1.82) is 0 Å². The smallest absolute Gasteiger partial charge is 0.326 e. The number of aliphatic carboxylic acids is 1. The molecule has 5 heteroatoms. The fraction of sp³-hybridized carbons (Fsp3) is 0.222. The second kappa shape index (κ2) is 7.42. The Kier molecular flexibility index (Phi) is 5.55. The maximum atomic E-state index is 12.2. The van der Waals surface area contributed by atoms with Crippen LogP contribution in [0.2, 0.25) is 0 Å². The summed E-state index contributed by atoms with van der Waals surface area (Å²) in [6, 6.07) is 11.7. The molecule has 120 valence electrons. The molecule has 0 aliphatic carbocycles. The molecule has 0 bridgehead atoms. The van der Waals surface area contributed by atoms with Gasteiger partial charge in [-0.1, -0.05) is 40.2 Å². The third kappa shape index (κ3) is 4.66. The number of aryl methyl sites for hydroxylation is 2. The largest absolute Gasteiger partial charge is 0.480 e. The predicted molar refractivity (Wildman–Crippen MR) is 92.7 cm³/mol. The quantitative estimate of drug-likeness (QED) is 0.840. The number of hydrogen-bond donors (Lipinski definition) is 2. The summed E-state index contributed by atoms with van der Waals surface area (Å²) >= 11 is 3.30. The maximum Gasteiger partial charge on any atom is 0.326 e. The van der Waals surface area contributed by atoms with Crippen molar-refractivity contribution in [2.24, 2.45) is 0 Å². The number of halogens is 1. The second-order valence-corrected chi connectivity index (χ2v) is 6.41. The van der Waals surface area contributed by atoms with Gasteiger partial charge in [0.1, 0.15) is 6.04 Å². The fourth-order valence-electron chi connectivity index (χ4n) is 2.24. The summed E-state index contributed by atoms with van der Waals surface area (Å²) in [6.45, 7) is 3.98. The molecule has 4 nitrogen and oxygen atoms in total. The van der Waals surface area contributed by atoms with Crippen LogP contribution in [0.15, 0.2) is 46.9 Å². The van der Waals surface area contributed by atoms with Gasteiger partial charge in [-0.15, -0.1) is 0 Å². The standard InChI is InChI=1S/C18H18BrNO3/c1-11-6-7-13(8-12(11)2)9-16(18(22)23)20-17(21)14-4-3-5-15(19)10-14/h3-8,10,16H,9H2,1-2H3,(H,20,21)(H,22,23)/t16-/m1/s1. The second-order valence-electron chi connectivity index (χ2n) is 5.50. The average Bonchev–Trinajstić information content (AvgIpc) is 2.50. The lowest BCUT2D eigenvalue weighted by Gasteiger charge is -2.15. The van der Waals surface area contributed by atoms with Gasteiger partial charge in [-0.2, -0.15) is 0 Å². The van der Waals surface area contributed by atoms with E-state index in [1.54, 1.807) is 24.3 Å². The Morgan fingerprint density at radius 3 is 2.48 bits per heavy atom. The predicted octanol–water partition coefficient (Wildman–Crippen LogP) is 3.49.